The van der Waals surface area contributed by atoms with Crippen molar-refractivity contribution in [1.82, 2.24) is 18.6 Å². The van der Waals surface area contributed by atoms with Gasteiger partial charge in [-0.1, -0.05) is 17.7 Å². The summed E-state index contributed by atoms with van der Waals surface area (Å²) in [4.78, 5) is 11.2. The number of benzene rings is 1. The second-order valence-electron chi connectivity index (χ2n) is 7.65. The van der Waals surface area contributed by atoms with E-state index in [1.165, 1.54) is 5.56 Å². The maximum atomic E-state index is 12.8. The van der Waals surface area contributed by atoms with E-state index in [1.54, 1.807) is 8.61 Å². The summed E-state index contributed by atoms with van der Waals surface area (Å²) in [5.41, 5.74) is 2.18. The van der Waals surface area contributed by atoms with Crippen LogP contribution in [0.2, 0.25) is 0 Å². The van der Waals surface area contributed by atoms with Crippen LogP contribution in [0.1, 0.15) is 24.2 Å². The molecule has 4 rings (SSSR count). The number of anilines is 3. The molecule has 2 aromatic rings. The SMILES string of the molecule is Cc1ccc(Nc2cc(N3CCN(S(=O)(=O)N4CCCC4)CC3)nc(C)n2)cc1. The highest BCUT2D eigenvalue weighted by Crippen LogP contribution is 2.23. The van der Waals surface area contributed by atoms with Gasteiger partial charge in [0, 0.05) is 51.0 Å². The average Bonchev–Trinajstić information content (AvgIpc) is 3.25. The van der Waals surface area contributed by atoms with E-state index in [-0.39, 0.29) is 0 Å². The Morgan fingerprint density at radius 3 is 2.14 bits per heavy atom. The molecule has 2 aliphatic rings. The Balaban J connectivity index is 1.44. The summed E-state index contributed by atoms with van der Waals surface area (Å²) in [5.74, 6) is 2.25. The maximum Gasteiger partial charge on any atom is 0.282 e. The lowest BCUT2D eigenvalue weighted by Gasteiger charge is -2.36. The normalized spacial score (nSPS) is 18.9. The molecule has 0 aliphatic carbocycles. The third kappa shape index (κ3) is 4.52. The van der Waals surface area contributed by atoms with Crippen LogP contribution in [0.3, 0.4) is 0 Å². The van der Waals surface area contributed by atoms with Crippen LogP contribution in [-0.2, 0) is 10.2 Å². The van der Waals surface area contributed by atoms with Crippen LogP contribution in [0.15, 0.2) is 30.3 Å². The number of hydrogen-bond donors (Lipinski definition) is 1. The Morgan fingerprint density at radius 1 is 0.862 bits per heavy atom. The van der Waals surface area contributed by atoms with Crippen molar-refractivity contribution in [3.8, 4) is 0 Å². The zero-order valence-corrected chi connectivity index (χ0v) is 17.8. The van der Waals surface area contributed by atoms with Crippen molar-refractivity contribution in [2.75, 3.05) is 49.5 Å². The van der Waals surface area contributed by atoms with Crippen LogP contribution >= 0.6 is 0 Å². The molecule has 0 radical (unpaired) electrons. The van der Waals surface area contributed by atoms with Gasteiger partial charge in [0.2, 0.25) is 0 Å². The smallest absolute Gasteiger partial charge is 0.282 e. The van der Waals surface area contributed by atoms with E-state index in [4.69, 9.17) is 0 Å². The predicted octanol–water partition coefficient (Wildman–Crippen LogP) is 2.30. The van der Waals surface area contributed by atoms with Gasteiger partial charge in [0.25, 0.3) is 10.2 Å². The first-order chi connectivity index (χ1) is 13.9. The summed E-state index contributed by atoms with van der Waals surface area (Å²) in [7, 11) is -3.33. The van der Waals surface area contributed by atoms with Crippen molar-refractivity contribution in [2.45, 2.75) is 26.7 Å². The highest BCUT2D eigenvalue weighted by molar-refractivity contribution is 7.86. The minimum absolute atomic E-state index is 0.475. The Hall–Kier alpha value is -2.23. The lowest BCUT2D eigenvalue weighted by molar-refractivity contribution is 0.343. The largest absolute Gasteiger partial charge is 0.354 e. The van der Waals surface area contributed by atoms with Crippen molar-refractivity contribution in [2.24, 2.45) is 0 Å². The minimum atomic E-state index is -3.33. The Labute approximate surface area is 172 Å². The molecule has 0 bridgehead atoms. The molecule has 1 N–H and O–H groups in total. The highest BCUT2D eigenvalue weighted by atomic mass is 32.2. The molecule has 2 fully saturated rings. The van der Waals surface area contributed by atoms with Gasteiger partial charge >= 0.3 is 0 Å². The quantitative estimate of drug-likeness (QED) is 0.806. The van der Waals surface area contributed by atoms with Crippen molar-refractivity contribution < 1.29 is 8.42 Å². The molecular weight excluding hydrogens is 388 g/mol. The Bertz CT molecular complexity index is 949. The van der Waals surface area contributed by atoms with Gasteiger partial charge in [0.1, 0.15) is 17.5 Å². The predicted molar refractivity (Wildman–Crippen MR) is 115 cm³/mol. The number of nitrogens with one attached hydrogen (secondary N) is 1. The number of aryl methyl sites for hydroxylation is 2. The summed E-state index contributed by atoms with van der Waals surface area (Å²) in [6.45, 7) is 7.40. The average molecular weight is 417 g/mol. The lowest BCUT2D eigenvalue weighted by Crippen LogP contribution is -2.52. The molecule has 8 nitrogen and oxygen atoms in total. The number of nitrogens with zero attached hydrogens (tertiary/aromatic N) is 5. The van der Waals surface area contributed by atoms with E-state index >= 15 is 0 Å². The molecule has 2 saturated heterocycles. The maximum absolute atomic E-state index is 12.8. The molecule has 9 heteroatoms. The molecule has 0 saturated carbocycles. The summed E-state index contributed by atoms with van der Waals surface area (Å²) in [6, 6.07) is 10.1. The second kappa shape index (κ2) is 8.25. The van der Waals surface area contributed by atoms with Crippen LogP contribution in [0, 0.1) is 13.8 Å². The Kier molecular flexibility index (Phi) is 5.71. The molecule has 0 amide bonds. The molecule has 156 valence electrons. The first-order valence-corrected chi connectivity index (χ1v) is 11.5. The van der Waals surface area contributed by atoms with Gasteiger partial charge in [0.15, 0.2) is 0 Å². The minimum Gasteiger partial charge on any atom is -0.354 e. The molecule has 1 aromatic heterocycles. The zero-order chi connectivity index (χ0) is 20.4. The van der Waals surface area contributed by atoms with Crippen molar-refractivity contribution in [1.29, 1.82) is 0 Å². The van der Waals surface area contributed by atoms with Crippen LogP contribution in [-0.4, -0.2) is 66.3 Å². The number of piperazine rings is 1. The van der Waals surface area contributed by atoms with Crippen molar-refractivity contribution in [3.63, 3.8) is 0 Å². The number of rotatable bonds is 5. The lowest BCUT2D eigenvalue weighted by atomic mass is 10.2. The van der Waals surface area contributed by atoms with Gasteiger partial charge in [-0.05, 0) is 38.8 Å². The van der Waals surface area contributed by atoms with E-state index in [1.807, 2.05) is 25.1 Å². The number of aromatic nitrogens is 2. The van der Waals surface area contributed by atoms with Crippen LogP contribution in [0.5, 0.6) is 0 Å². The summed E-state index contributed by atoms with van der Waals surface area (Å²) < 4.78 is 28.7. The molecule has 2 aliphatic heterocycles. The molecule has 3 heterocycles. The fourth-order valence-corrected chi connectivity index (χ4v) is 5.46. The highest BCUT2D eigenvalue weighted by Gasteiger charge is 2.34. The standard InChI is InChI=1S/C20H28N6O2S/c1-16-5-7-18(8-6-16)23-19-15-20(22-17(2)21-19)24-11-13-26(14-12-24)29(27,28)25-9-3-4-10-25/h5-8,15H,3-4,9-14H2,1-2H3,(H,21,22,23). The first-order valence-electron chi connectivity index (χ1n) is 10.1. The van der Waals surface area contributed by atoms with Gasteiger partial charge in [-0.3, -0.25) is 0 Å². The molecule has 0 atom stereocenters. The van der Waals surface area contributed by atoms with Gasteiger partial charge < -0.3 is 10.2 Å². The third-order valence-electron chi connectivity index (χ3n) is 5.43. The summed E-state index contributed by atoms with van der Waals surface area (Å²) >= 11 is 0. The van der Waals surface area contributed by atoms with Crippen molar-refractivity contribution >= 4 is 27.5 Å². The fourth-order valence-electron chi connectivity index (χ4n) is 3.79. The topological polar surface area (TPSA) is 81.7 Å². The van der Waals surface area contributed by atoms with E-state index in [0.717, 1.165) is 30.2 Å². The second-order valence-corrected chi connectivity index (χ2v) is 9.58. The molecular formula is C20H28N6O2S. The molecule has 29 heavy (non-hydrogen) atoms. The third-order valence-corrected chi connectivity index (χ3v) is 7.46. The summed E-state index contributed by atoms with van der Waals surface area (Å²) in [5, 5.41) is 3.33. The van der Waals surface area contributed by atoms with Gasteiger partial charge in [-0.2, -0.15) is 17.0 Å². The van der Waals surface area contributed by atoms with E-state index in [9.17, 15) is 8.42 Å². The van der Waals surface area contributed by atoms with Gasteiger partial charge in [-0.15, -0.1) is 0 Å². The van der Waals surface area contributed by atoms with Crippen LogP contribution < -0.4 is 10.2 Å². The van der Waals surface area contributed by atoms with Crippen molar-refractivity contribution in [3.05, 3.63) is 41.7 Å². The molecule has 0 unspecified atom stereocenters. The van der Waals surface area contributed by atoms with Gasteiger partial charge in [0.05, 0.1) is 0 Å². The van der Waals surface area contributed by atoms with E-state index < -0.39 is 10.2 Å². The molecule has 0 spiro atoms. The summed E-state index contributed by atoms with van der Waals surface area (Å²) in [6.07, 6.45) is 1.91. The molecule has 1 aromatic carbocycles. The van der Waals surface area contributed by atoms with Crippen LogP contribution in [0.25, 0.3) is 0 Å². The Morgan fingerprint density at radius 2 is 1.48 bits per heavy atom. The monoisotopic (exact) mass is 416 g/mol. The number of hydrogen-bond acceptors (Lipinski definition) is 6. The van der Waals surface area contributed by atoms with Gasteiger partial charge in [-0.25, -0.2) is 9.97 Å². The zero-order valence-electron chi connectivity index (χ0n) is 17.0. The van der Waals surface area contributed by atoms with E-state index in [0.29, 0.717) is 45.1 Å². The fraction of sp³-hybridized carbons (Fsp3) is 0.500. The van der Waals surface area contributed by atoms with E-state index in [2.05, 4.69) is 39.2 Å². The van der Waals surface area contributed by atoms with Crippen LogP contribution in [0.4, 0.5) is 17.3 Å². The first kappa shape index (κ1) is 20.1.